The maximum Gasteiger partial charge on any atom is 0.437 e. The quantitative estimate of drug-likeness (QED) is 0.114. The van der Waals surface area contributed by atoms with Gasteiger partial charge in [0.05, 0.1) is 12.2 Å². The third-order valence-electron chi connectivity index (χ3n) is 6.14. The largest absolute Gasteiger partial charge is 0.444 e. The first-order valence-electron chi connectivity index (χ1n) is 13.8. The van der Waals surface area contributed by atoms with Crippen LogP contribution in [0.25, 0.3) is 0 Å². The Labute approximate surface area is 250 Å². The summed E-state index contributed by atoms with van der Waals surface area (Å²) in [5, 5.41) is 5.38. The number of aliphatic imine (C=N–C) groups is 1. The predicted molar refractivity (Wildman–Crippen MR) is 166 cm³/mol. The molecule has 0 aromatic heterocycles. The van der Waals surface area contributed by atoms with Crippen LogP contribution < -0.4 is 15.4 Å². The van der Waals surface area contributed by atoms with E-state index in [0.29, 0.717) is 23.6 Å². The molecule has 0 spiro atoms. The number of nitrogens with zero attached hydrogens (tertiary/aromatic N) is 1. The lowest BCUT2D eigenvalue weighted by Crippen LogP contribution is -2.40. The van der Waals surface area contributed by atoms with Crippen molar-refractivity contribution in [3.05, 3.63) is 59.7 Å². The minimum Gasteiger partial charge on any atom is -0.444 e. The molecule has 2 amide bonds. The summed E-state index contributed by atoms with van der Waals surface area (Å²) in [7, 11) is -1.87. The van der Waals surface area contributed by atoms with Crippen molar-refractivity contribution in [2.24, 2.45) is 4.99 Å². The van der Waals surface area contributed by atoms with Gasteiger partial charge in [-0.15, -0.1) is 4.99 Å². The summed E-state index contributed by atoms with van der Waals surface area (Å²) in [6, 6.07) is 13.5. The van der Waals surface area contributed by atoms with E-state index < -0.39 is 37.7 Å². The zero-order chi connectivity index (χ0) is 31.9. The van der Waals surface area contributed by atoms with Gasteiger partial charge in [-0.05, 0) is 102 Å². The van der Waals surface area contributed by atoms with Gasteiger partial charge in [0.15, 0.2) is 8.32 Å². The minimum atomic E-state index is -1.87. The number of benzene rings is 2. The Hall–Kier alpha value is -3.70. The van der Waals surface area contributed by atoms with Crippen LogP contribution in [0, 0.1) is 0 Å². The second-order valence-corrected chi connectivity index (χ2v) is 18.2. The van der Waals surface area contributed by atoms with E-state index >= 15 is 0 Å². The van der Waals surface area contributed by atoms with E-state index in [1.165, 1.54) is 0 Å². The summed E-state index contributed by atoms with van der Waals surface area (Å²) < 4.78 is 22.3. The molecule has 0 atom stereocenters. The smallest absolute Gasteiger partial charge is 0.437 e. The number of amides is 2. The lowest BCUT2D eigenvalue weighted by Gasteiger charge is -2.36. The van der Waals surface area contributed by atoms with Crippen LogP contribution in [0.2, 0.25) is 18.1 Å². The summed E-state index contributed by atoms with van der Waals surface area (Å²) in [4.78, 5) is 41.1. The average molecular weight is 600 g/mol. The molecule has 10 nitrogen and oxygen atoms in total. The summed E-state index contributed by atoms with van der Waals surface area (Å²) in [6.07, 6.45) is -1.71. The molecule has 42 heavy (non-hydrogen) atoms. The average Bonchev–Trinajstić information content (AvgIpc) is 2.80. The molecule has 0 saturated carbocycles. The summed E-state index contributed by atoms with van der Waals surface area (Å²) >= 11 is 0. The van der Waals surface area contributed by atoms with Crippen molar-refractivity contribution in [2.75, 3.05) is 5.32 Å². The minimum absolute atomic E-state index is 0.120. The van der Waals surface area contributed by atoms with Gasteiger partial charge in [0.2, 0.25) is 5.96 Å². The monoisotopic (exact) mass is 599 g/mol. The van der Waals surface area contributed by atoms with E-state index in [4.69, 9.17) is 18.6 Å². The molecular weight excluding hydrogens is 554 g/mol. The fourth-order valence-electron chi connectivity index (χ4n) is 2.99. The zero-order valence-electron chi connectivity index (χ0n) is 26.6. The van der Waals surface area contributed by atoms with Gasteiger partial charge in [-0.2, -0.15) is 0 Å². The van der Waals surface area contributed by atoms with E-state index in [0.717, 1.165) is 5.56 Å². The second-order valence-electron chi connectivity index (χ2n) is 13.4. The van der Waals surface area contributed by atoms with Crippen molar-refractivity contribution < 1.29 is 33.0 Å². The summed E-state index contributed by atoms with van der Waals surface area (Å²) in [6.45, 7) is 21.7. The van der Waals surface area contributed by atoms with Crippen LogP contribution in [0.5, 0.6) is 5.75 Å². The highest BCUT2D eigenvalue weighted by Crippen LogP contribution is 2.37. The van der Waals surface area contributed by atoms with E-state index in [2.05, 4.69) is 49.5 Å². The normalized spacial score (nSPS) is 12.8. The molecule has 0 unspecified atom stereocenters. The Morgan fingerprint density at radius 3 is 1.83 bits per heavy atom. The summed E-state index contributed by atoms with van der Waals surface area (Å²) in [5.41, 5.74) is 0.201. The molecule has 2 aromatic rings. The number of ether oxygens (including phenoxy) is 3. The predicted octanol–water partition coefficient (Wildman–Crippen LogP) is 7.66. The van der Waals surface area contributed by atoms with Crippen LogP contribution in [0.4, 0.5) is 15.3 Å². The highest BCUT2D eigenvalue weighted by molar-refractivity contribution is 6.74. The maximum absolute atomic E-state index is 12.7. The maximum atomic E-state index is 12.7. The molecule has 0 bridgehead atoms. The van der Waals surface area contributed by atoms with Crippen LogP contribution >= 0.6 is 0 Å². The number of hydrogen-bond acceptors (Lipinski definition) is 7. The highest BCUT2D eigenvalue weighted by atomic mass is 28.4. The van der Waals surface area contributed by atoms with Crippen molar-refractivity contribution in [2.45, 2.75) is 98.3 Å². The molecule has 11 heteroatoms. The van der Waals surface area contributed by atoms with Crippen LogP contribution in [-0.2, 0) is 20.5 Å². The molecule has 0 aliphatic carbocycles. The first-order chi connectivity index (χ1) is 19.1. The molecular formula is C31H45N3O7Si. The Morgan fingerprint density at radius 1 is 0.786 bits per heavy atom. The van der Waals surface area contributed by atoms with E-state index in [1.54, 1.807) is 77.9 Å². The second kappa shape index (κ2) is 13.5. The van der Waals surface area contributed by atoms with Gasteiger partial charge < -0.3 is 24.0 Å². The van der Waals surface area contributed by atoms with Crippen molar-refractivity contribution >= 4 is 38.1 Å². The van der Waals surface area contributed by atoms with Gasteiger partial charge in [-0.1, -0.05) is 32.9 Å². The fourth-order valence-corrected chi connectivity index (χ4v) is 3.95. The number of alkyl carbamates (subject to hydrolysis) is 1. The first-order valence-corrected chi connectivity index (χ1v) is 16.7. The molecule has 0 heterocycles. The number of guanidine groups is 1. The van der Waals surface area contributed by atoms with Gasteiger partial charge in [0.1, 0.15) is 17.0 Å². The molecule has 2 aromatic carbocycles. The molecule has 0 fully saturated rings. The number of rotatable bonds is 6. The van der Waals surface area contributed by atoms with Gasteiger partial charge >= 0.3 is 18.2 Å². The molecule has 2 rings (SSSR count). The lowest BCUT2D eigenvalue weighted by atomic mass is 10.2. The van der Waals surface area contributed by atoms with Crippen molar-refractivity contribution in [1.29, 1.82) is 0 Å². The highest BCUT2D eigenvalue weighted by Gasteiger charge is 2.37. The topological polar surface area (TPSA) is 125 Å². The third kappa shape index (κ3) is 12.0. The SMILES string of the molecule is CC(C)(C)OC(=O)/N=C(/NC(=O)OC(C)(C)C)Nc1ccc(C(=O)Oc2ccc(CO[Si](C)(C)C(C)(C)C)cc2)cc1. The number of nitrogens with one attached hydrogen (secondary N) is 2. The Kier molecular flexibility index (Phi) is 11.1. The van der Waals surface area contributed by atoms with Gasteiger partial charge in [0.25, 0.3) is 0 Å². The standard InChI is InChI=1S/C31H45N3O7Si/c1-29(2,3)40-27(36)33-26(34-28(37)41-30(4,5)6)32-23-16-14-22(15-17-23)25(35)39-24-18-12-21(13-19-24)20-38-42(10,11)31(7,8)9/h12-19H,20H2,1-11H3,(H2,32,33,34,36,37). The van der Waals surface area contributed by atoms with Crippen molar-refractivity contribution in [3.63, 3.8) is 0 Å². The zero-order valence-corrected chi connectivity index (χ0v) is 27.6. The number of carbonyl (C=O) groups excluding carboxylic acids is 3. The Balaban J connectivity index is 2.07. The Bertz CT molecular complexity index is 1270. The summed E-state index contributed by atoms with van der Waals surface area (Å²) in [5.74, 6) is -0.334. The van der Waals surface area contributed by atoms with Gasteiger partial charge in [-0.3, -0.25) is 5.32 Å². The third-order valence-corrected chi connectivity index (χ3v) is 10.6. The fraction of sp³-hybridized carbons (Fsp3) is 0.484. The molecule has 0 saturated heterocycles. The molecule has 230 valence electrons. The van der Waals surface area contributed by atoms with Crippen molar-refractivity contribution in [3.8, 4) is 5.75 Å². The molecule has 0 radical (unpaired) electrons. The molecule has 0 aliphatic rings. The number of esters is 1. The van der Waals surface area contributed by atoms with Gasteiger partial charge in [0, 0.05) is 5.69 Å². The van der Waals surface area contributed by atoms with Crippen LogP contribution in [0.15, 0.2) is 53.5 Å². The van der Waals surface area contributed by atoms with Crippen LogP contribution in [-0.4, -0.2) is 43.6 Å². The number of carbonyl (C=O) groups is 3. The number of anilines is 1. The lowest BCUT2D eigenvalue weighted by molar-refractivity contribution is 0.0561. The first kappa shape index (κ1) is 34.5. The van der Waals surface area contributed by atoms with E-state index in [-0.39, 0.29) is 11.0 Å². The van der Waals surface area contributed by atoms with Crippen LogP contribution in [0.1, 0.15) is 78.2 Å². The molecule has 0 aliphatic heterocycles. The Morgan fingerprint density at radius 2 is 1.33 bits per heavy atom. The molecule has 2 N–H and O–H groups in total. The number of hydrogen-bond donors (Lipinski definition) is 2. The van der Waals surface area contributed by atoms with Gasteiger partial charge in [-0.25, -0.2) is 14.4 Å². The van der Waals surface area contributed by atoms with E-state index in [9.17, 15) is 14.4 Å². The van der Waals surface area contributed by atoms with Crippen LogP contribution in [0.3, 0.4) is 0 Å². The van der Waals surface area contributed by atoms with Crippen molar-refractivity contribution in [1.82, 2.24) is 5.32 Å². The van der Waals surface area contributed by atoms with E-state index in [1.807, 2.05) is 12.1 Å².